The van der Waals surface area contributed by atoms with Gasteiger partial charge in [-0.15, -0.1) is 4.98 Å². The van der Waals surface area contributed by atoms with Crippen LogP contribution >= 0.6 is 11.3 Å². The number of hydrogen-bond acceptors (Lipinski definition) is 3. The predicted molar refractivity (Wildman–Crippen MR) is 82.6 cm³/mol. The molecule has 1 aromatic carbocycles. The van der Waals surface area contributed by atoms with E-state index in [-0.39, 0.29) is 4.87 Å². The molecule has 21 heavy (non-hydrogen) atoms. The molecule has 102 valence electrons. The first-order chi connectivity index (χ1) is 10.3. The van der Waals surface area contributed by atoms with E-state index in [0.717, 1.165) is 22.4 Å². The Morgan fingerprint density at radius 1 is 1.14 bits per heavy atom. The molecule has 4 rings (SSSR count). The van der Waals surface area contributed by atoms with Gasteiger partial charge in [0, 0.05) is 6.07 Å². The molecule has 0 spiro atoms. The zero-order valence-electron chi connectivity index (χ0n) is 11.1. The second kappa shape index (κ2) is 4.79. The maximum Gasteiger partial charge on any atom is 0.362 e. The van der Waals surface area contributed by atoms with E-state index >= 15 is 0 Å². The number of H-pyrrole nitrogens is 1. The number of aromatic amines is 1. The van der Waals surface area contributed by atoms with E-state index in [1.807, 2.05) is 28.8 Å². The van der Waals surface area contributed by atoms with Crippen LogP contribution in [0.1, 0.15) is 11.1 Å². The number of benzene rings is 1. The molecule has 0 aliphatic rings. The highest BCUT2D eigenvalue weighted by molar-refractivity contribution is 7.16. The highest BCUT2D eigenvalue weighted by Crippen LogP contribution is 2.13. The van der Waals surface area contributed by atoms with Gasteiger partial charge in [-0.25, -0.2) is 14.2 Å². The number of aromatic nitrogens is 3. The van der Waals surface area contributed by atoms with Gasteiger partial charge in [0.2, 0.25) is 0 Å². The van der Waals surface area contributed by atoms with Crippen LogP contribution in [0.3, 0.4) is 0 Å². The van der Waals surface area contributed by atoms with E-state index in [0.29, 0.717) is 0 Å². The van der Waals surface area contributed by atoms with Crippen molar-refractivity contribution in [2.75, 3.05) is 0 Å². The highest BCUT2D eigenvalue weighted by Gasteiger charge is 2.12. The van der Waals surface area contributed by atoms with Gasteiger partial charge in [0.05, 0.1) is 6.20 Å². The van der Waals surface area contributed by atoms with Crippen molar-refractivity contribution in [3.8, 4) is 0 Å². The monoisotopic (exact) mass is 294 g/mol. The molecule has 5 heteroatoms. The summed E-state index contributed by atoms with van der Waals surface area (Å²) in [5.41, 5.74) is 4.11. The molecule has 0 saturated carbocycles. The molecule has 0 saturated heterocycles. The molecule has 0 radical (unpaired) electrons. The molecule has 1 N–H and O–H groups in total. The zero-order chi connectivity index (χ0) is 14.2. The third-order valence-corrected chi connectivity index (χ3v) is 4.27. The minimum absolute atomic E-state index is 0.0554. The van der Waals surface area contributed by atoms with Gasteiger partial charge in [-0.3, -0.25) is 0 Å². The predicted octanol–water partition coefficient (Wildman–Crippen LogP) is 2.31. The molecule has 0 aliphatic carbocycles. The van der Waals surface area contributed by atoms with Crippen LogP contribution in [-0.4, -0.2) is 9.97 Å². The van der Waals surface area contributed by atoms with Gasteiger partial charge in [-0.1, -0.05) is 30.3 Å². The van der Waals surface area contributed by atoms with Gasteiger partial charge in [-0.05, 0) is 35.0 Å². The lowest BCUT2D eigenvalue weighted by Crippen LogP contribution is -2.24. The van der Waals surface area contributed by atoms with Crippen LogP contribution in [0.15, 0.2) is 59.7 Å². The lowest BCUT2D eigenvalue weighted by atomic mass is 10.1. The minimum Gasteiger partial charge on any atom is -0.238 e. The smallest absolute Gasteiger partial charge is 0.238 e. The van der Waals surface area contributed by atoms with Crippen molar-refractivity contribution < 1.29 is 4.40 Å². The van der Waals surface area contributed by atoms with E-state index in [9.17, 15) is 4.79 Å². The van der Waals surface area contributed by atoms with Crippen molar-refractivity contribution >= 4 is 27.3 Å². The lowest BCUT2D eigenvalue weighted by Gasteiger charge is -2.02. The molecule has 4 aromatic rings. The molecule has 0 atom stereocenters. The van der Waals surface area contributed by atoms with E-state index in [4.69, 9.17) is 0 Å². The van der Waals surface area contributed by atoms with Crippen LogP contribution in [0.2, 0.25) is 0 Å². The van der Waals surface area contributed by atoms with Crippen molar-refractivity contribution in [2.45, 2.75) is 6.42 Å². The van der Waals surface area contributed by atoms with E-state index in [1.54, 1.807) is 6.20 Å². The molecule has 0 aliphatic heterocycles. The van der Waals surface area contributed by atoms with Crippen molar-refractivity contribution in [1.29, 1.82) is 0 Å². The normalized spacial score (nSPS) is 11.2. The van der Waals surface area contributed by atoms with Crippen LogP contribution in [0.4, 0.5) is 0 Å². The maximum atomic E-state index is 11.5. The Morgan fingerprint density at radius 3 is 2.86 bits per heavy atom. The molecular weight excluding hydrogens is 282 g/mol. The van der Waals surface area contributed by atoms with Crippen LogP contribution < -0.4 is 9.27 Å². The molecule has 3 aromatic heterocycles. The minimum atomic E-state index is -0.0554. The summed E-state index contributed by atoms with van der Waals surface area (Å²) in [6.45, 7) is 0. The number of thiazole rings is 1. The summed E-state index contributed by atoms with van der Waals surface area (Å²) in [4.78, 5) is 18.7. The van der Waals surface area contributed by atoms with Gasteiger partial charge in [-0.2, -0.15) is 0 Å². The second-order valence-electron chi connectivity index (χ2n) is 4.91. The van der Waals surface area contributed by atoms with E-state index in [2.05, 4.69) is 34.2 Å². The van der Waals surface area contributed by atoms with E-state index < -0.39 is 0 Å². The molecule has 4 nitrogen and oxygen atoms in total. The first kappa shape index (κ1) is 12.2. The molecule has 0 bridgehead atoms. The number of hydrogen-bond donors (Lipinski definition) is 1. The summed E-state index contributed by atoms with van der Waals surface area (Å²) < 4.78 is 2.79. The van der Waals surface area contributed by atoms with Gasteiger partial charge < -0.3 is 0 Å². The van der Waals surface area contributed by atoms with Crippen molar-refractivity contribution in [3.63, 3.8) is 0 Å². The number of rotatable bonds is 2. The lowest BCUT2D eigenvalue weighted by molar-refractivity contribution is -0.486. The topological polar surface area (TPSA) is 49.9 Å². The molecule has 3 heterocycles. The molecule has 0 fully saturated rings. The Labute approximate surface area is 124 Å². The van der Waals surface area contributed by atoms with Gasteiger partial charge >= 0.3 is 4.87 Å². The van der Waals surface area contributed by atoms with Crippen LogP contribution in [0.5, 0.6) is 0 Å². The molecule has 0 unspecified atom stereocenters. The Morgan fingerprint density at radius 2 is 2.00 bits per heavy atom. The average Bonchev–Trinajstić information content (AvgIpc) is 2.89. The van der Waals surface area contributed by atoms with Gasteiger partial charge in [0.1, 0.15) is 10.9 Å². The Bertz CT molecular complexity index is 989. The zero-order valence-corrected chi connectivity index (χ0v) is 11.9. The maximum absolute atomic E-state index is 11.5. The SMILES string of the molecule is O=c1[nH]c2c(cnc3cc(Cc4ccccc4)cc[n+]32)s1. The standard InChI is InChI=1S/C16H11N3OS/c20-16-18-15-13(21-16)10-17-14-9-12(6-7-19(14)15)8-11-4-2-1-3-5-11/h1-7,9-10H,8H2/p+1. The summed E-state index contributed by atoms with van der Waals surface area (Å²) >= 11 is 1.18. The summed E-state index contributed by atoms with van der Waals surface area (Å²) in [5.74, 6) is 0. The fraction of sp³-hybridized carbons (Fsp3) is 0.0625. The highest BCUT2D eigenvalue weighted by atomic mass is 32.1. The Hall–Kier alpha value is -2.53. The van der Waals surface area contributed by atoms with Gasteiger partial charge in [0.15, 0.2) is 0 Å². The third-order valence-electron chi connectivity index (χ3n) is 3.46. The average molecular weight is 294 g/mol. The van der Waals surface area contributed by atoms with Crippen LogP contribution in [0.25, 0.3) is 16.0 Å². The Balaban J connectivity index is 1.83. The second-order valence-corrected chi connectivity index (χ2v) is 5.93. The quantitative estimate of drug-likeness (QED) is 0.577. The molecule has 0 amide bonds. The summed E-state index contributed by atoms with van der Waals surface area (Å²) in [6, 6.07) is 14.5. The first-order valence-corrected chi connectivity index (χ1v) is 7.47. The largest absolute Gasteiger partial charge is 0.362 e. The number of nitrogens with one attached hydrogen (secondary N) is 1. The van der Waals surface area contributed by atoms with Crippen molar-refractivity contribution in [2.24, 2.45) is 0 Å². The summed E-state index contributed by atoms with van der Waals surface area (Å²) in [5, 5.41) is 0. The fourth-order valence-electron chi connectivity index (χ4n) is 2.48. The van der Waals surface area contributed by atoms with Crippen LogP contribution in [-0.2, 0) is 6.42 Å². The summed E-state index contributed by atoms with van der Waals surface area (Å²) in [6.07, 6.45) is 4.59. The number of pyridine rings is 1. The van der Waals surface area contributed by atoms with Crippen LogP contribution in [0, 0.1) is 0 Å². The molecular formula is C16H12N3OS+. The van der Waals surface area contributed by atoms with Crippen molar-refractivity contribution in [1.82, 2.24) is 9.97 Å². The first-order valence-electron chi connectivity index (χ1n) is 6.66. The number of nitrogens with zero attached hydrogens (tertiary/aromatic N) is 2. The van der Waals surface area contributed by atoms with E-state index in [1.165, 1.54) is 22.5 Å². The van der Waals surface area contributed by atoms with Gasteiger partial charge in [0.25, 0.3) is 11.3 Å². The third kappa shape index (κ3) is 2.21. The van der Waals surface area contributed by atoms with Crippen molar-refractivity contribution in [3.05, 3.63) is 75.7 Å². The number of fused-ring (bicyclic) bond motifs is 3. The summed E-state index contributed by atoms with van der Waals surface area (Å²) in [7, 11) is 0. The Kier molecular flexibility index (Phi) is 2.79. The fourth-order valence-corrected chi connectivity index (χ4v) is 3.18.